The molecule has 2 N–H and O–H groups in total. The lowest BCUT2D eigenvalue weighted by Gasteiger charge is -2.22. The number of nitrogens with one attached hydrogen (secondary N) is 2. The highest BCUT2D eigenvalue weighted by molar-refractivity contribution is 7.98. The van der Waals surface area contributed by atoms with Gasteiger partial charge >= 0.3 is 6.03 Å². The summed E-state index contributed by atoms with van der Waals surface area (Å²) in [5.41, 5.74) is 1.45. The average molecular weight is 426 g/mol. The van der Waals surface area contributed by atoms with E-state index in [9.17, 15) is 19.2 Å². The van der Waals surface area contributed by atoms with Crippen LogP contribution >= 0.6 is 11.8 Å². The molecule has 0 radical (unpaired) electrons. The largest absolute Gasteiger partial charge is 0.325 e. The van der Waals surface area contributed by atoms with Gasteiger partial charge in [0.05, 0.1) is 12.2 Å². The molecule has 1 heterocycles. The predicted octanol–water partition coefficient (Wildman–Crippen LogP) is 3.33. The quantitative estimate of drug-likeness (QED) is 0.421. The van der Waals surface area contributed by atoms with Crippen LogP contribution in [0.5, 0.6) is 0 Å². The number of ketones is 1. The number of hydrogen-bond acceptors (Lipinski definition) is 5. The van der Waals surface area contributed by atoms with Crippen LogP contribution in [0.2, 0.25) is 0 Å². The Morgan fingerprint density at radius 2 is 1.80 bits per heavy atom. The van der Waals surface area contributed by atoms with Crippen molar-refractivity contribution in [3.8, 4) is 0 Å². The third-order valence-electron chi connectivity index (χ3n) is 5.04. The zero-order valence-corrected chi connectivity index (χ0v) is 18.1. The van der Waals surface area contributed by atoms with Gasteiger partial charge in [-0.15, -0.1) is 11.8 Å². The third-order valence-corrected chi connectivity index (χ3v) is 5.82. The van der Waals surface area contributed by atoms with Crippen molar-refractivity contribution in [3.63, 3.8) is 0 Å². The van der Waals surface area contributed by atoms with Gasteiger partial charge in [-0.2, -0.15) is 0 Å². The molecular formula is C22H23N3O4S. The first-order valence-corrected chi connectivity index (χ1v) is 10.6. The molecule has 3 rings (SSSR count). The number of carbonyl (C=O) groups excluding carboxylic acids is 4. The first-order chi connectivity index (χ1) is 14.2. The van der Waals surface area contributed by atoms with E-state index in [1.54, 1.807) is 37.3 Å². The van der Waals surface area contributed by atoms with Gasteiger partial charge in [0.15, 0.2) is 5.78 Å². The fourth-order valence-electron chi connectivity index (χ4n) is 3.32. The summed E-state index contributed by atoms with van der Waals surface area (Å²) < 4.78 is 0. The van der Waals surface area contributed by atoms with Gasteiger partial charge in [0.2, 0.25) is 5.91 Å². The van der Waals surface area contributed by atoms with Crippen LogP contribution < -0.4 is 10.6 Å². The van der Waals surface area contributed by atoms with E-state index in [-0.39, 0.29) is 18.2 Å². The first-order valence-electron chi connectivity index (χ1n) is 9.36. The summed E-state index contributed by atoms with van der Waals surface area (Å²) >= 11 is 1.38. The van der Waals surface area contributed by atoms with E-state index in [1.807, 2.05) is 25.3 Å². The molecule has 7 nitrogen and oxygen atoms in total. The number of Topliss-reactive ketones (excluding diaryl/α,β-unsaturated/α-hetero) is 1. The molecule has 0 aromatic heterocycles. The Morgan fingerprint density at radius 3 is 2.40 bits per heavy atom. The minimum absolute atomic E-state index is 0.209. The summed E-state index contributed by atoms with van der Waals surface area (Å²) in [4.78, 5) is 51.3. The van der Waals surface area contributed by atoms with E-state index in [2.05, 4.69) is 10.6 Å². The van der Waals surface area contributed by atoms with Crippen molar-refractivity contribution < 1.29 is 19.2 Å². The molecule has 30 heavy (non-hydrogen) atoms. The number of nitrogens with zero attached hydrogens (tertiary/aromatic N) is 1. The fourth-order valence-corrected chi connectivity index (χ4v) is 3.90. The standard InChI is InChI=1S/C22H23N3O4S/c1-13-5-8-16(9-6-13)22(3)20(28)25(21(29)24-22)12-18(27)15-7-10-17(23-14(2)26)19(11-15)30-4/h5-11H,12H2,1-4H3,(H,23,26)(H,24,29). The van der Waals surface area contributed by atoms with Crippen molar-refractivity contribution in [1.29, 1.82) is 0 Å². The molecule has 1 fully saturated rings. The molecule has 0 spiro atoms. The lowest BCUT2D eigenvalue weighted by Crippen LogP contribution is -2.41. The second-order valence-electron chi connectivity index (χ2n) is 7.33. The summed E-state index contributed by atoms with van der Waals surface area (Å²) in [6, 6.07) is 11.6. The monoisotopic (exact) mass is 425 g/mol. The van der Waals surface area contributed by atoms with Gasteiger partial charge in [-0.05, 0) is 43.9 Å². The van der Waals surface area contributed by atoms with Crippen LogP contribution in [-0.4, -0.2) is 41.3 Å². The van der Waals surface area contributed by atoms with Crippen molar-refractivity contribution in [3.05, 3.63) is 59.2 Å². The topological polar surface area (TPSA) is 95.6 Å². The zero-order valence-electron chi connectivity index (χ0n) is 17.2. The average Bonchev–Trinajstić information content (AvgIpc) is 2.92. The maximum absolute atomic E-state index is 13.0. The maximum atomic E-state index is 13.0. The van der Waals surface area contributed by atoms with E-state index in [0.29, 0.717) is 16.8 Å². The summed E-state index contributed by atoms with van der Waals surface area (Å²) in [6.45, 7) is 4.62. The molecule has 1 unspecified atom stereocenters. The smallest absolute Gasteiger partial charge is 0.325 e. The van der Waals surface area contributed by atoms with Gasteiger partial charge < -0.3 is 10.6 Å². The van der Waals surface area contributed by atoms with Gasteiger partial charge in [0, 0.05) is 17.4 Å². The molecule has 8 heteroatoms. The lowest BCUT2D eigenvalue weighted by molar-refractivity contribution is -0.130. The molecule has 2 aromatic carbocycles. The van der Waals surface area contributed by atoms with Crippen LogP contribution in [0, 0.1) is 6.92 Å². The first kappa shape index (κ1) is 21.6. The van der Waals surface area contributed by atoms with Crippen LogP contribution in [-0.2, 0) is 15.1 Å². The van der Waals surface area contributed by atoms with Gasteiger partial charge in [0.1, 0.15) is 5.54 Å². The van der Waals surface area contributed by atoms with Crippen molar-refractivity contribution in [2.75, 3.05) is 18.1 Å². The normalized spacial score (nSPS) is 18.3. The molecule has 0 saturated carbocycles. The van der Waals surface area contributed by atoms with Crippen LogP contribution in [0.4, 0.5) is 10.5 Å². The Hall–Kier alpha value is -3.13. The van der Waals surface area contributed by atoms with Crippen molar-refractivity contribution in [2.24, 2.45) is 0 Å². The molecular weight excluding hydrogens is 402 g/mol. The fraction of sp³-hybridized carbons (Fsp3) is 0.273. The Morgan fingerprint density at radius 1 is 1.13 bits per heavy atom. The molecule has 0 bridgehead atoms. The molecule has 1 atom stereocenters. The van der Waals surface area contributed by atoms with Crippen LogP contribution in [0.1, 0.15) is 35.3 Å². The molecule has 4 amide bonds. The van der Waals surface area contributed by atoms with Crippen LogP contribution in [0.3, 0.4) is 0 Å². The molecule has 156 valence electrons. The minimum atomic E-state index is -1.22. The van der Waals surface area contributed by atoms with Gasteiger partial charge in [-0.1, -0.05) is 29.8 Å². The second-order valence-corrected chi connectivity index (χ2v) is 8.18. The highest BCUT2D eigenvalue weighted by Gasteiger charge is 2.49. The van der Waals surface area contributed by atoms with E-state index < -0.39 is 17.5 Å². The Bertz CT molecular complexity index is 1040. The Labute approximate surface area is 179 Å². The van der Waals surface area contributed by atoms with Gasteiger partial charge in [-0.25, -0.2) is 4.79 Å². The number of benzene rings is 2. The summed E-state index contributed by atoms with van der Waals surface area (Å²) in [5, 5.41) is 5.42. The van der Waals surface area contributed by atoms with Crippen LogP contribution in [0.25, 0.3) is 0 Å². The second kappa shape index (κ2) is 8.31. The van der Waals surface area contributed by atoms with E-state index in [0.717, 1.165) is 15.4 Å². The van der Waals surface area contributed by atoms with Crippen LogP contribution in [0.15, 0.2) is 47.4 Å². The number of carbonyl (C=O) groups is 4. The van der Waals surface area contributed by atoms with Gasteiger partial charge in [0.25, 0.3) is 5.91 Å². The zero-order chi connectivity index (χ0) is 22.1. The molecule has 1 saturated heterocycles. The minimum Gasteiger partial charge on any atom is -0.325 e. The third kappa shape index (κ3) is 4.09. The van der Waals surface area contributed by atoms with Crippen molar-refractivity contribution in [2.45, 2.75) is 31.2 Å². The Kier molecular flexibility index (Phi) is 5.98. The molecule has 0 aliphatic carbocycles. The van der Waals surface area contributed by atoms with E-state index in [4.69, 9.17) is 0 Å². The maximum Gasteiger partial charge on any atom is 0.325 e. The number of urea groups is 1. The van der Waals surface area contributed by atoms with Gasteiger partial charge in [-0.3, -0.25) is 19.3 Å². The highest BCUT2D eigenvalue weighted by atomic mass is 32.2. The Balaban J connectivity index is 1.81. The number of imide groups is 1. The summed E-state index contributed by atoms with van der Waals surface area (Å²) in [7, 11) is 0. The predicted molar refractivity (Wildman–Crippen MR) is 116 cm³/mol. The number of thioether (sulfide) groups is 1. The van der Waals surface area contributed by atoms with Crippen molar-refractivity contribution in [1.82, 2.24) is 10.2 Å². The lowest BCUT2D eigenvalue weighted by atomic mass is 9.91. The van der Waals surface area contributed by atoms with E-state index in [1.165, 1.54) is 18.7 Å². The number of aryl methyl sites for hydroxylation is 1. The number of rotatable bonds is 6. The van der Waals surface area contributed by atoms with Crippen molar-refractivity contribution >= 4 is 41.1 Å². The summed E-state index contributed by atoms with van der Waals surface area (Å²) in [6.07, 6.45) is 1.83. The highest BCUT2D eigenvalue weighted by Crippen LogP contribution is 2.30. The number of hydrogen-bond donors (Lipinski definition) is 2. The SMILES string of the molecule is CSc1cc(C(=O)CN2C(=O)NC(C)(c3ccc(C)cc3)C2=O)ccc1NC(C)=O. The number of anilines is 1. The molecule has 2 aromatic rings. The van der Waals surface area contributed by atoms with E-state index >= 15 is 0 Å². The molecule has 1 aliphatic rings. The molecule has 1 aliphatic heterocycles. The number of amides is 4. The summed E-state index contributed by atoms with van der Waals surface area (Å²) in [5.74, 6) is -1.04.